The summed E-state index contributed by atoms with van der Waals surface area (Å²) in [6, 6.07) is 12.7. The lowest BCUT2D eigenvalue weighted by atomic mass is 9.96. The van der Waals surface area contributed by atoms with E-state index in [-0.39, 0.29) is 0 Å². The van der Waals surface area contributed by atoms with Crippen LogP contribution in [0.15, 0.2) is 48.5 Å². The molecule has 0 spiro atoms. The SMILES string of the molecule is CCOC(c1ccccc1)C(NN)c1ccc(F)c(F)c1. The van der Waals surface area contributed by atoms with Crippen LogP contribution in [0.3, 0.4) is 0 Å². The lowest BCUT2D eigenvalue weighted by Gasteiger charge is -2.27. The summed E-state index contributed by atoms with van der Waals surface area (Å²) in [7, 11) is 0. The maximum atomic E-state index is 13.4. The summed E-state index contributed by atoms with van der Waals surface area (Å²) >= 11 is 0. The van der Waals surface area contributed by atoms with E-state index >= 15 is 0 Å². The molecule has 112 valence electrons. The van der Waals surface area contributed by atoms with Crippen LogP contribution in [0.25, 0.3) is 0 Å². The van der Waals surface area contributed by atoms with Gasteiger partial charge in [0.25, 0.3) is 0 Å². The first kappa shape index (κ1) is 15.6. The molecule has 0 heterocycles. The minimum atomic E-state index is -0.906. The van der Waals surface area contributed by atoms with Gasteiger partial charge >= 0.3 is 0 Å². The average Bonchev–Trinajstić information content (AvgIpc) is 2.51. The van der Waals surface area contributed by atoms with Gasteiger partial charge in [0.2, 0.25) is 0 Å². The highest BCUT2D eigenvalue weighted by Crippen LogP contribution is 2.32. The van der Waals surface area contributed by atoms with Crippen molar-refractivity contribution in [1.29, 1.82) is 0 Å². The molecule has 0 fully saturated rings. The Kier molecular flexibility index (Phi) is 5.38. The summed E-state index contributed by atoms with van der Waals surface area (Å²) in [6.45, 7) is 2.34. The van der Waals surface area contributed by atoms with Crippen molar-refractivity contribution in [1.82, 2.24) is 5.43 Å². The Labute approximate surface area is 122 Å². The maximum Gasteiger partial charge on any atom is 0.159 e. The van der Waals surface area contributed by atoms with E-state index < -0.39 is 23.8 Å². The summed E-state index contributed by atoms with van der Waals surface area (Å²) in [4.78, 5) is 0. The molecule has 0 amide bonds. The molecule has 2 unspecified atom stereocenters. The molecule has 0 radical (unpaired) electrons. The highest BCUT2D eigenvalue weighted by atomic mass is 19.2. The number of halogens is 2. The van der Waals surface area contributed by atoms with Crippen LogP contribution in [0, 0.1) is 11.6 Å². The van der Waals surface area contributed by atoms with Gasteiger partial charge in [0, 0.05) is 6.61 Å². The predicted molar refractivity (Wildman–Crippen MR) is 77.2 cm³/mol. The van der Waals surface area contributed by atoms with Crippen LogP contribution < -0.4 is 11.3 Å². The zero-order valence-corrected chi connectivity index (χ0v) is 11.7. The molecule has 3 nitrogen and oxygen atoms in total. The fourth-order valence-electron chi connectivity index (χ4n) is 2.27. The Morgan fingerprint density at radius 1 is 1.05 bits per heavy atom. The second-order valence-electron chi connectivity index (χ2n) is 4.60. The Morgan fingerprint density at radius 2 is 1.76 bits per heavy atom. The van der Waals surface area contributed by atoms with Crippen molar-refractivity contribution < 1.29 is 13.5 Å². The van der Waals surface area contributed by atoms with Gasteiger partial charge in [-0.05, 0) is 30.2 Å². The van der Waals surface area contributed by atoms with Crippen LogP contribution in [0.4, 0.5) is 8.78 Å². The van der Waals surface area contributed by atoms with Crippen molar-refractivity contribution in [3.8, 4) is 0 Å². The van der Waals surface area contributed by atoms with E-state index in [2.05, 4.69) is 5.43 Å². The van der Waals surface area contributed by atoms with E-state index in [1.165, 1.54) is 6.07 Å². The van der Waals surface area contributed by atoms with Crippen molar-refractivity contribution >= 4 is 0 Å². The maximum absolute atomic E-state index is 13.4. The lowest BCUT2D eigenvalue weighted by molar-refractivity contribution is 0.0326. The van der Waals surface area contributed by atoms with Crippen LogP contribution in [-0.2, 0) is 4.74 Å². The zero-order valence-electron chi connectivity index (χ0n) is 11.7. The number of rotatable bonds is 6. The van der Waals surface area contributed by atoms with E-state index in [4.69, 9.17) is 10.6 Å². The molecule has 3 N–H and O–H groups in total. The fraction of sp³-hybridized carbons (Fsp3) is 0.250. The third-order valence-corrected chi connectivity index (χ3v) is 3.26. The molecule has 0 saturated carbocycles. The number of hydrogen-bond donors (Lipinski definition) is 2. The molecule has 2 aromatic rings. The predicted octanol–water partition coefficient (Wildman–Crippen LogP) is 3.25. The number of ether oxygens (including phenoxy) is 1. The summed E-state index contributed by atoms with van der Waals surface area (Å²) in [5, 5.41) is 0. The Balaban J connectivity index is 2.37. The molecule has 0 bridgehead atoms. The highest BCUT2D eigenvalue weighted by Gasteiger charge is 2.25. The van der Waals surface area contributed by atoms with Gasteiger partial charge in [-0.25, -0.2) is 14.2 Å². The summed E-state index contributed by atoms with van der Waals surface area (Å²) < 4.78 is 32.3. The molecule has 2 atom stereocenters. The molecule has 21 heavy (non-hydrogen) atoms. The van der Waals surface area contributed by atoms with Crippen LogP contribution >= 0.6 is 0 Å². The molecule has 0 aliphatic carbocycles. The number of hydrogen-bond acceptors (Lipinski definition) is 3. The van der Waals surface area contributed by atoms with Crippen molar-refractivity contribution in [3.63, 3.8) is 0 Å². The first-order valence-corrected chi connectivity index (χ1v) is 6.75. The van der Waals surface area contributed by atoms with E-state index in [1.807, 2.05) is 37.3 Å². The molecule has 0 saturated heterocycles. The first-order chi connectivity index (χ1) is 10.2. The first-order valence-electron chi connectivity index (χ1n) is 6.75. The molecule has 0 aromatic heterocycles. The van der Waals surface area contributed by atoms with E-state index in [1.54, 1.807) is 0 Å². The monoisotopic (exact) mass is 292 g/mol. The van der Waals surface area contributed by atoms with Gasteiger partial charge in [0.15, 0.2) is 11.6 Å². The van der Waals surface area contributed by atoms with E-state index in [9.17, 15) is 8.78 Å². The Morgan fingerprint density at radius 3 is 2.33 bits per heavy atom. The van der Waals surface area contributed by atoms with Gasteiger partial charge in [-0.2, -0.15) is 0 Å². The Bertz CT molecular complexity index is 578. The van der Waals surface area contributed by atoms with Crippen LogP contribution in [0.5, 0.6) is 0 Å². The van der Waals surface area contributed by atoms with Gasteiger partial charge in [0.05, 0.1) is 6.04 Å². The normalized spacial score (nSPS) is 13.9. The smallest absolute Gasteiger partial charge is 0.159 e. The Hall–Kier alpha value is -1.82. The van der Waals surface area contributed by atoms with Crippen molar-refractivity contribution in [3.05, 3.63) is 71.3 Å². The van der Waals surface area contributed by atoms with Crippen LogP contribution in [-0.4, -0.2) is 6.61 Å². The number of hydrazine groups is 1. The van der Waals surface area contributed by atoms with Crippen LogP contribution in [0.2, 0.25) is 0 Å². The van der Waals surface area contributed by atoms with Gasteiger partial charge in [0.1, 0.15) is 6.10 Å². The van der Waals surface area contributed by atoms with E-state index in [0.717, 1.165) is 17.7 Å². The largest absolute Gasteiger partial charge is 0.372 e. The van der Waals surface area contributed by atoms with E-state index in [0.29, 0.717) is 12.2 Å². The van der Waals surface area contributed by atoms with Crippen molar-refractivity contribution in [2.75, 3.05) is 6.61 Å². The third-order valence-electron chi connectivity index (χ3n) is 3.26. The highest BCUT2D eigenvalue weighted by molar-refractivity contribution is 5.27. The standard InChI is InChI=1S/C16H18F2N2O/c1-2-21-16(11-6-4-3-5-7-11)15(20-19)12-8-9-13(17)14(18)10-12/h3-10,15-16,20H,2,19H2,1H3. The van der Waals surface area contributed by atoms with Gasteiger partial charge in [-0.1, -0.05) is 36.4 Å². The van der Waals surface area contributed by atoms with Gasteiger partial charge < -0.3 is 4.74 Å². The zero-order chi connectivity index (χ0) is 15.2. The topological polar surface area (TPSA) is 47.3 Å². The number of nitrogens with one attached hydrogen (secondary N) is 1. The summed E-state index contributed by atoms with van der Waals surface area (Å²) in [6.07, 6.45) is -0.397. The van der Waals surface area contributed by atoms with Gasteiger partial charge in [-0.3, -0.25) is 5.84 Å². The van der Waals surface area contributed by atoms with Crippen molar-refractivity contribution in [2.45, 2.75) is 19.1 Å². The lowest BCUT2D eigenvalue weighted by Crippen LogP contribution is -2.34. The fourth-order valence-corrected chi connectivity index (χ4v) is 2.27. The molecule has 2 aromatic carbocycles. The molecule has 0 aliphatic heterocycles. The minimum absolute atomic E-state index is 0.397. The third kappa shape index (κ3) is 3.64. The van der Waals surface area contributed by atoms with Gasteiger partial charge in [-0.15, -0.1) is 0 Å². The second kappa shape index (κ2) is 7.26. The summed E-state index contributed by atoms with van der Waals surface area (Å²) in [5.74, 6) is 3.82. The van der Waals surface area contributed by atoms with Crippen molar-refractivity contribution in [2.24, 2.45) is 5.84 Å². The summed E-state index contributed by atoms with van der Waals surface area (Å²) in [5.41, 5.74) is 4.07. The molecule has 2 rings (SSSR count). The number of benzene rings is 2. The quantitative estimate of drug-likeness (QED) is 0.634. The molecule has 0 aliphatic rings. The molecular weight excluding hydrogens is 274 g/mol. The minimum Gasteiger partial charge on any atom is -0.372 e. The average molecular weight is 292 g/mol. The molecular formula is C16H18F2N2O. The number of nitrogens with two attached hydrogens (primary N) is 1. The second-order valence-corrected chi connectivity index (χ2v) is 4.60. The van der Waals surface area contributed by atoms with Crippen LogP contribution in [0.1, 0.15) is 30.2 Å². The molecule has 5 heteroatoms.